The van der Waals surface area contributed by atoms with E-state index in [9.17, 15) is 0 Å². The number of nitrogens with one attached hydrogen (secondary N) is 1. The van der Waals surface area contributed by atoms with E-state index in [-0.39, 0.29) is 12.4 Å². The monoisotopic (exact) mass is 391 g/mol. The van der Waals surface area contributed by atoms with E-state index in [1.807, 2.05) is 61.6 Å². The van der Waals surface area contributed by atoms with Crippen molar-refractivity contribution in [1.29, 1.82) is 0 Å². The normalized spacial score (nSPS) is 15.2. The molecule has 28 heavy (non-hydrogen) atoms. The average Bonchev–Trinajstić information content (AvgIpc) is 3.30. The zero-order chi connectivity index (χ0) is 18.2. The average molecular weight is 392 g/mol. The molecule has 4 aromatic rings. The number of furan rings is 1. The Morgan fingerprint density at radius 2 is 1.64 bits per heavy atom. The lowest BCUT2D eigenvalue weighted by Gasteiger charge is -2.08. The lowest BCUT2D eigenvalue weighted by molar-refractivity contribution is 0.477. The maximum absolute atomic E-state index is 6.40. The van der Waals surface area contributed by atoms with Gasteiger partial charge in [-0.2, -0.15) is 0 Å². The molecule has 0 spiro atoms. The summed E-state index contributed by atoms with van der Waals surface area (Å²) in [6.45, 7) is 0. The summed E-state index contributed by atoms with van der Waals surface area (Å²) in [7, 11) is 2.03. The summed E-state index contributed by atoms with van der Waals surface area (Å²) in [6, 6.07) is 25.1. The van der Waals surface area contributed by atoms with E-state index in [0.717, 1.165) is 46.6 Å². The Morgan fingerprint density at radius 3 is 2.46 bits per heavy atom. The van der Waals surface area contributed by atoms with Gasteiger partial charge >= 0.3 is 0 Å². The maximum atomic E-state index is 6.40. The number of halogens is 1. The predicted molar refractivity (Wildman–Crippen MR) is 116 cm³/mol. The summed E-state index contributed by atoms with van der Waals surface area (Å²) in [5, 5.41) is 4.37. The molecule has 0 fully saturated rings. The first-order valence-electron chi connectivity index (χ1n) is 9.35. The highest BCUT2D eigenvalue weighted by Gasteiger charge is 2.22. The first-order valence-corrected chi connectivity index (χ1v) is 9.35. The molecule has 3 nitrogen and oxygen atoms in total. The maximum Gasteiger partial charge on any atom is 0.181 e. The number of para-hydroxylation sites is 1. The molecule has 1 atom stereocenters. The molecule has 142 valence electrons. The minimum absolute atomic E-state index is 0. The fourth-order valence-corrected chi connectivity index (χ4v) is 3.88. The standard InChI is InChI=1S/C24H21NO2.ClH/c1-25-19-13-17-11-12-20(15-18(17)14-19)26-24-21-9-5-6-10-22(21)27-23(24)16-7-3-2-4-8-16;/h2-12,15,19,25H,13-14H2,1H3;1H. The van der Waals surface area contributed by atoms with Crippen molar-refractivity contribution in [2.45, 2.75) is 18.9 Å². The quantitative estimate of drug-likeness (QED) is 0.463. The van der Waals surface area contributed by atoms with Crippen LogP contribution in [0.3, 0.4) is 0 Å². The van der Waals surface area contributed by atoms with E-state index < -0.39 is 0 Å². The van der Waals surface area contributed by atoms with Gasteiger partial charge in [0.05, 0.1) is 5.39 Å². The first-order chi connectivity index (χ1) is 13.3. The van der Waals surface area contributed by atoms with Crippen LogP contribution in [0.1, 0.15) is 11.1 Å². The van der Waals surface area contributed by atoms with Gasteiger partial charge < -0.3 is 14.5 Å². The minimum atomic E-state index is 0. The van der Waals surface area contributed by atoms with Gasteiger partial charge in [-0.3, -0.25) is 0 Å². The van der Waals surface area contributed by atoms with Crippen molar-refractivity contribution in [3.63, 3.8) is 0 Å². The third-order valence-corrected chi connectivity index (χ3v) is 5.32. The Hall–Kier alpha value is -2.75. The van der Waals surface area contributed by atoms with E-state index in [2.05, 4.69) is 23.5 Å². The highest BCUT2D eigenvalue weighted by molar-refractivity contribution is 5.91. The summed E-state index contributed by atoms with van der Waals surface area (Å²) < 4.78 is 12.5. The molecule has 0 bridgehead atoms. The number of fused-ring (bicyclic) bond motifs is 2. The summed E-state index contributed by atoms with van der Waals surface area (Å²) >= 11 is 0. The van der Waals surface area contributed by atoms with Crippen LogP contribution in [0.15, 0.2) is 77.2 Å². The van der Waals surface area contributed by atoms with E-state index in [0.29, 0.717) is 6.04 Å². The molecule has 5 rings (SSSR count). The number of hydrogen-bond donors (Lipinski definition) is 1. The molecule has 1 unspecified atom stereocenters. The minimum Gasteiger partial charge on any atom is -0.453 e. The van der Waals surface area contributed by atoms with Gasteiger partial charge in [-0.1, -0.05) is 48.5 Å². The second-order valence-corrected chi connectivity index (χ2v) is 7.05. The number of hydrogen-bond acceptors (Lipinski definition) is 3. The van der Waals surface area contributed by atoms with Crippen molar-refractivity contribution in [3.8, 4) is 22.8 Å². The summed E-state index contributed by atoms with van der Waals surface area (Å²) in [4.78, 5) is 0. The van der Waals surface area contributed by atoms with E-state index in [1.165, 1.54) is 11.1 Å². The molecule has 3 aromatic carbocycles. The number of rotatable bonds is 4. The Kier molecular flexibility index (Phi) is 5.12. The largest absolute Gasteiger partial charge is 0.453 e. The van der Waals surface area contributed by atoms with Crippen molar-refractivity contribution >= 4 is 23.4 Å². The van der Waals surface area contributed by atoms with Crippen molar-refractivity contribution in [2.24, 2.45) is 0 Å². The van der Waals surface area contributed by atoms with Gasteiger partial charge in [-0.15, -0.1) is 12.4 Å². The third kappa shape index (κ3) is 3.28. The van der Waals surface area contributed by atoms with Crippen LogP contribution in [0.4, 0.5) is 0 Å². The van der Waals surface area contributed by atoms with Crippen LogP contribution >= 0.6 is 12.4 Å². The highest BCUT2D eigenvalue weighted by Crippen LogP contribution is 2.42. The first kappa shape index (κ1) is 18.6. The summed E-state index contributed by atoms with van der Waals surface area (Å²) in [5.41, 5.74) is 4.62. The number of benzene rings is 3. The molecular formula is C24H22ClNO2. The van der Waals surface area contributed by atoms with E-state index in [1.54, 1.807) is 0 Å². The van der Waals surface area contributed by atoms with Gasteiger partial charge in [0, 0.05) is 11.6 Å². The van der Waals surface area contributed by atoms with Crippen molar-refractivity contribution < 1.29 is 9.15 Å². The van der Waals surface area contributed by atoms with Gasteiger partial charge in [0.1, 0.15) is 11.3 Å². The fraction of sp³-hybridized carbons (Fsp3) is 0.167. The number of likely N-dealkylation sites (N-methyl/N-ethyl adjacent to an activating group) is 1. The molecule has 0 saturated heterocycles. The van der Waals surface area contributed by atoms with E-state index >= 15 is 0 Å². The molecule has 1 aromatic heterocycles. The van der Waals surface area contributed by atoms with E-state index in [4.69, 9.17) is 9.15 Å². The molecule has 1 heterocycles. The molecule has 1 N–H and O–H groups in total. The van der Waals surface area contributed by atoms with Crippen LogP contribution in [0.5, 0.6) is 11.5 Å². The van der Waals surface area contributed by atoms with Crippen LogP contribution in [-0.2, 0) is 12.8 Å². The van der Waals surface area contributed by atoms with Gasteiger partial charge in [0.25, 0.3) is 0 Å². The second-order valence-electron chi connectivity index (χ2n) is 7.05. The topological polar surface area (TPSA) is 34.4 Å². The Labute approximate surface area is 170 Å². The summed E-state index contributed by atoms with van der Waals surface area (Å²) in [6.07, 6.45) is 2.12. The molecule has 0 saturated carbocycles. The SMILES string of the molecule is CNC1Cc2ccc(Oc3c(-c4ccccc4)oc4ccccc34)cc2C1.Cl. The molecule has 1 aliphatic rings. The Bertz CT molecular complexity index is 1100. The molecule has 4 heteroatoms. The molecule has 0 aliphatic heterocycles. The highest BCUT2D eigenvalue weighted by atomic mass is 35.5. The lowest BCUT2D eigenvalue weighted by Crippen LogP contribution is -2.24. The fourth-order valence-electron chi connectivity index (χ4n) is 3.88. The zero-order valence-corrected chi connectivity index (χ0v) is 16.5. The summed E-state index contributed by atoms with van der Waals surface area (Å²) in [5.74, 6) is 2.40. The van der Waals surface area contributed by atoms with Crippen molar-refractivity contribution in [2.75, 3.05) is 7.05 Å². The zero-order valence-electron chi connectivity index (χ0n) is 15.6. The number of ether oxygens (including phenoxy) is 1. The van der Waals surface area contributed by atoms with Crippen LogP contribution < -0.4 is 10.1 Å². The molecule has 0 radical (unpaired) electrons. The molecule has 1 aliphatic carbocycles. The lowest BCUT2D eigenvalue weighted by atomic mass is 10.1. The Morgan fingerprint density at radius 1 is 0.893 bits per heavy atom. The van der Waals surface area contributed by atoms with Crippen LogP contribution in [-0.4, -0.2) is 13.1 Å². The van der Waals surface area contributed by atoms with Gasteiger partial charge in [0.2, 0.25) is 0 Å². The second kappa shape index (κ2) is 7.70. The smallest absolute Gasteiger partial charge is 0.181 e. The molecule has 0 amide bonds. The van der Waals surface area contributed by atoms with Gasteiger partial charge in [-0.05, 0) is 55.3 Å². The van der Waals surface area contributed by atoms with Crippen LogP contribution in [0, 0.1) is 0 Å². The van der Waals surface area contributed by atoms with Crippen LogP contribution in [0.2, 0.25) is 0 Å². The van der Waals surface area contributed by atoms with Crippen LogP contribution in [0.25, 0.3) is 22.3 Å². The van der Waals surface area contributed by atoms with Gasteiger partial charge in [-0.25, -0.2) is 0 Å². The predicted octanol–water partition coefficient (Wildman–Crippen LogP) is 6.00. The van der Waals surface area contributed by atoms with Crippen molar-refractivity contribution in [3.05, 3.63) is 83.9 Å². The third-order valence-electron chi connectivity index (χ3n) is 5.32. The Balaban J connectivity index is 0.00000192. The van der Waals surface area contributed by atoms with Gasteiger partial charge in [0.15, 0.2) is 11.5 Å². The van der Waals surface area contributed by atoms with Crippen molar-refractivity contribution in [1.82, 2.24) is 5.32 Å². The molecular weight excluding hydrogens is 370 g/mol.